The molecule has 1 saturated heterocycles. The van der Waals surface area contributed by atoms with Gasteiger partial charge in [-0.3, -0.25) is 14.6 Å². The zero-order valence-corrected chi connectivity index (χ0v) is 34.4. The van der Waals surface area contributed by atoms with E-state index in [4.69, 9.17) is 30.4 Å². The summed E-state index contributed by atoms with van der Waals surface area (Å²) in [5.41, 5.74) is 0.998. The fourth-order valence-corrected chi connectivity index (χ4v) is 6.26. The molecular formula is C44H54BClN2O8. The first-order chi connectivity index (χ1) is 26.4. The quantitative estimate of drug-likeness (QED) is 0.0910. The molecule has 0 spiro atoms. The van der Waals surface area contributed by atoms with Gasteiger partial charge in [-0.05, 0) is 133 Å². The first kappa shape index (κ1) is 43.0. The Balaban J connectivity index is 0.000000166. The molecule has 3 heterocycles. The molecule has 1 aliphatic heterocycles. The monoisotopic (exact) mass is 784 g/mol. The topological polar surface area (TPSA) is 137 Å². The number of fused-ring (bicyclic) bond motifs is 2. The standard InChI is InChI=1S/C19H21NO3.C14H23BO4.C11H10ClNO/c1-3-23-18(22)19(8-9-19)7-6-17-11-16-10-14(13(2)21)4-5-15(16)12-20-17;1-6-17-11(16)14(7-8-14)9-10-15-18-12(2,3)13(4,5)19-15;1-7(14)8-2-3-9-6-13-11(12)5-10(9)4-8/h4-7,10-13,21H,3,8-9H2,1-2H3;9-10H,6-8H2,1-5H3;2-7,14H,1H3/b7-6+;10-9+;/t13-;;7-/m1.1/s1. The molecule has 0 amide bonds. The lowest BCUT2D eigenvalue weighted by Gasteiger charge is -2.32. The second-order valence-corrected chi connectivity index (χ2v) is 16.1. The third-order valence-corrected chi connectivity index (χ3v) is 11.0. The molecule has 0 radical (unpaired) electrons. The Morgan fingerprint density at radius 2 is 1.21 bits per heavy atom. The Morgan fingerprint density at radius 1 is 0.750 bits per heavy atom. The van der Waals surface area contributed by atoms with Crippen LogP contribution >= 0.6 is 11.6 Å². The van der Waals surface area contributed by atoms with E-state index in [0.717, 1.165) is 64.0 Å². The number of aliphatic hydroxyl groups excluding tert-OH is 2. The van der Waals surface area contributed by atoms with Crippen LogP contribution in [-0.2, 0) is 28.4 Å². The number of aromatic nitrogens is 2. The van der Waals surface area contributed by atoms with Gasteiger partial charge < -0.3 is 29.0 Å². The highest BCUT2D eigenvalue weighted by molar-refractivity contribution is 6.51. The Kier molecular flexibility index (Phi) is 13.5. The summed E-state index contributed by atoms with van der Waals surface area (Å²) in [5, 5.41) is 23.7. The van der Waals surface area contributed by atoms with Gasteiger partial charge in [-0.1, -0.05) is 54.0 Å². The Morgan fingerprint density at radius 3 is 1.68 bits per heavy atom. The van der Waals surface area contributed by atoms with E-state index in [-0.39, 0.29) is 23.1 Å². The number of esters is 2. The number of ether oxygens (including phenoxy) is 2. The lowest BCUT2D eigenvalue weighted by atomic mass is 9.87. The summed E-state index contributed by atoms with van der Waals surface area (Å²) in [6.45, 7) is 16.0. The van der Waals surface area contributed by atoms with Crippen LogP contribution in [-0.4, -0.2) is 63.7 Å². The van der Waals surface area contributed by atoms with Crippen molar-refractivity contribution < 1.29 is 38.6 Å². The number of aliphatic hydroxyl groups is 2. The second-order valence-electron chi connectivity index (χ2n) is 15.8. The molecule has 10 nitrogen and oxygen atoms in total. The Bertz CT molecular complexity index is 2070. The van der Waals surface area contributed by atoms with Crippen LogP contribution in [0.25, 0.3) is 27.6 Å². The van der Waals surface area contributed by atoms with E-state index >= 15 is 0 Å². The summed E-state index contributed by atoms with van der Waals surface area (Å²) in [5.74, 6) is 1.57. The first-order valence-corrected chi connectivity index (χ1v) is 19.7. The highest BCUT2D eigenvalue weighted by atomic mass is 35.5. The van der Waals surface area contributed by atoms with Gasteiger partial charge in [-0.2, -0.15) is 0 Å². The van der Waals surface area contributed by atoms with Crippen molar-refractivity contribution in [2.75, 3.05) is 13.2 Å². The fourth-order valence-electron chi connectivity index (χ4n) is 6.09. The van der Waals surface area contributed by atoms with Gasteiger partial charge in [0.05, 0.1) is 53.1 Å². The molecule has 2 aliphatic carbocycles. The summed E-state index contributed by atoms with van der Waals surface area (Å²) < 4.78 is 22.0. The second kappa shape index (κ2) is 17.6. The largest absolute Gasteiger partial charge is 0.486 e. The molecule has 0 bridgehead atoms. The maximum Gasteiger partial charge on any atom is 0.486 e. The van der Waals surface area contributed by atoms with Gasteiger partial charge >= 0.3 is 19.1 Å². The number of carbonyl (C=O) groups excluding carboxylic acids is 2. The van der Waals surface area contributed by atoms with E-state index in [1.165, 1.54) is 0 Å². The van der Waals surface area contributed by atoms with Gasteiger partial charge in [0, 0.05) is 23.2 Å². The molecule has 7 rings (SSSR count). The smallest absolute Gasteiger partial charge is 0.465 e. The van der Waals surface area contributed by atoms with Crippen molar-refractivity contribution in [2.45, 2.75) is 104 Å². The molecule has 2 atom stereocenters. The predicted molar refractivity (Wildman–Crippen MR) is 221 cm³/mol. The van der Waals surface area contributed by atoms with E-state index in [1.807, 2.05) is 114 Å². The van der Waals surface area contributed by atoms with E-state index in [9.17, 15) is 19.8 Å². The minimum Gasteiger partial charge on any atom is -0.465 e. The van der Waals surface area contributed by atoms with Crippen LogP contribution in [0.3, 0.4) is 0 Å². The summed E-state index contributed by atoms with van der Waals surface area (Å²) in [4.78, 5) is 32.2. The van der Waals surface area contributed by atoms with Crippen molar-refractivity contribution in [2.24, 2.45) is 10.8 Å². The van der Waals surface area contributed by atoms with E-state index < -0.39 is 30.2 Å². The molecule has 298 valence electrons. The Labute approximate surface area is 335 Å². The zero-order chi connectivity index (χ0) is 40.9. The van der Waals surface area contributed by atoms with Crippen LogP contribution in [0.4, 0.5) is 0 Å². The van der Waals surface area contributed by atoms with Gasteiger partial charge in [-0.15, -0.1) is 0 Å². The normalized spacial score (nSPS) is 19.4. The van der Waals surface area contributed by atoms with Gasteiger partial charge in [0.1, 0.15) is 5.15 Å². The van der Waals surface area contributed by atoms with E-state index in [2.05, 4.69) is 9.97 Å². The lowest BCUT2D eigenvalue weighted by Crippen LogP contribution is -2.41. The minimum atomic E-state index is -0.495. The number of pyridine rings is 2. The van der Waals surface area contributed by atoms with Crippen molar-refractivity contribution in [3.05, 3.63) is 101 Å². The predicted octanol–water partition coefficient (Wildman–Crippen LogP) is 9.10. The van der Waals surface area contributed by atoms with Crippen LogP contribution < -0.4 is 0 Å². The number of hydrogen-bond acceptors (Lipinski definition) is 10. The van der Waals surface area contributed by atoms with Gasteiger partial charge in [0.15, 0.2) is 0 Å². The molecule has 2 saturated carbocycles. The summed E-state index contributed by atoms with van der Waals surface area (Å²) in [6, 6.07) is 15.3. The molecular weight excluding hydrogens is 731 g/mol. The van der Waals surface area contributed by atoms with Crippen molar-refractivity contribution in [3.63, 3.8) is 0 Å². The van der Waals surface area contributed by atoms with Crippen molar-refractivity contribution in [1.29, 1.82) is 0 Å². The average Bonchev–Trinajstić information content (AvgIpc) is 4.09. The molecule has 12 heteroatoms. The van der Waals surface area contributed by atoms with Crippen molar-refractivity contribution in [1.82, 2.24) is 9.97 Å². The maximum atomic E-state index is 12.0. The highest BCUT2D eigenvalue weighted by Crippen LogP contribution is 2.49. The average molecular weight is 785 g/mol. The third kappa shape index (κ3) is 10.4. The SMILES string of the molecule is CCOC(=O)C1(/C=C/B2OC(C)(C)C(C)(C)O2)CC1.CCOC(=O)C1(/C=C/c2cc3cc([C@@H](C)O)ccc3cn2)CC1.C[C@@H](O)c1ccc2cnc(Cl)cc2c1. The number of benzene rings is 2. The van der Waals surface area contributed by atoms with Gasteiger partial charge in [-0.25, -0.2) is 4.98 Å². The molecule has 4 aromatic rings. The molecule has 0 unspecified atom stereocenters. The van der Waals surface area contributed by atoms with Crippen molar-refractivity contribution >= 4 is 58.3 Å². The number of hydrogen-bond donors (Lipinski definition) is 2. The number of rotatable bonds is 10. The number of carbonyl (C=O) groups is 2. The molecule has 3 fully saturated rings. The molecule has 2 aromatic heterocycles. The van der Waals surface area contributed by atoms with Crippen LogP contribution in [0, 0.1) is 10.8 Å². The lowest BCUT2D eigenvalue weighted by molar-refractivity contribution is -0.148. The summed E-state index contributed by atoms with van der Waals surface area (Å²) >= 11 is 5.78. The van der Waals surface area contributed by atoms with Crippen molar-refractivity contribution in [3.8, 4) is 0 Å². The van der Waals surface area contributed by atoms with Crippen LogP contribution in [0.2, 0.25) is 5.15 Å². The van der Waals surface area contributed by atoms with E-state index in [0.29, 0.717) is 18.4 Å². The number of nitrogens with zero attached hydrogens (tertiary/aromatic N) is 2. The van der Waals surface area contributed by atoms with Gasteiger partial charge in [0.25, 0.3) is 0 Å². The molecule has 3 aliphatic rings. The molecule has 56 heavy (non-hydrogen) atoms. The van der Waals surface area contributed by atoms with Crippen LogP contribution in [0.15, 0.2) is 79.1 Å². The fraction of sp³-hybridized carbons (Fsp3) is 0.455. The van der Waals surface area contributed by atoms with Gasteiger partial charge in [0.2, 0.25) is 0 Å². The third-order valence-electron chi connectivity index (χ3n) is 10.8. The summed E-state index contributed by atoms with van der Waals surface area (Å²) in [6.07, 6.45) is 11.7. The van der Waals surface area contributed by atoms with Crippen LogP contribution in [0.5, 0.6) is 0 Å². The molecule has 2 aromatic carbocycles. The number of halogens is 1. The highest BCUT2D eigenvalue weighted by Gasteiger charge is 2.53. The minimum absolute atomic E-state index is 0.136. The summed E-state index contributed by atoms with van der Waals surface area (Å²) in [7, 11) is -0.392. The van der Waals surface area contributed by atoms with Crippen LogP contribution in [0.1, 0.15) is 110 Å². The Hall–Kier alpha value is -4.13. The molecule has 2 N–H and O–H groups in total. The zero-order valence-electron chi connectivity index (χ0n) is 33.7. The van der Waals surface area contributed by atoms with E-state index in [1.54, 1.807) is 26.1 Å². The first-order valence-electron chi connectivity index (χ1n) is 19.3. The maximum absolute atomic E-state index is 12.0.